The molecule has 3 rings (SSSR count). The highest BCUT2D eigenvalue weighted by atomic mass is 16.5. The van der Waals surface area contributed by atoms with Crippen molar-refractivity contribution in [2.75, 3.05) is 20.0 Å². The normalized spacial score (nSPS) is 10.7. The SMILES string of the molecule is COc1cc(OC)cc(-c2nc3cccnn3c2N)c1. The topological polar surface area (TPSA) is 74.7 Å². The van der Waals surface area contributed by atoms with Gasteiger partial charge in [0.2, 0.25) is 0 Å². The zero-order valence-electron chi connectivity index (χ0n) is 11.2. The van der Waals surface area contributed by atoms with Crippen LogP contribution in [0.2, 0.25) is 0 Å². The predicted octanol–water partition coefficient (Wildman–Crippen LogP) is 2.00. The predicted molar refractivity (Wildman–Crippen MR) is 75.9 cm³/mol. The number of hydrogen-bond acceptors (Lipinski definition) is 5. The smallest absolute Gasteiger partial charge is 0.156 e. The maximum absolute atomic E-state index is 6.11. The summed E-state index contributed by atoms with van der Waals surface area (Å²) in [5.74, 6) is 1.85. The number of fused-ring (bicyclic) bond motifs is 1. The van der Waals surface area contributed by atoms with Gasteiger partial charge in [-0.2, -0.15) is 9.61 Å². The van der Waals surface area contributed by atoms with E-state index in [0.717, 1.165) is 5.56 Å². The molecule has 0 unspecified atom stereocenters. The van der Waals surface area contributed by atoms with Gasteiger partial charge in [0.05, 0.1) is 14.2 Å². The van der Waals surface area contributed by atoms with Crippen molar-refractivity contribution in [2.45, 2.75) is 0 Å². The number of aromatic nitrogens is 3. The van der Waals surface area contributed by atoms with Crippen LogP contribution in [0.4, 0.5) is 5.82 Å². The number of hydrogen-bond donors (Lipinski definition) is 1. The largest absolute Gasteiger partial charge is 0.497 e. The third-order valence-corrected chi connectivity index (χ3v) is 3.05. The molecular formula is C14H14N4O2. The number of imidazole rings is 1. The minimum atomic E-state index is 0.482. The summed E-state index contributed by atoms with van der Waals surface area (Å²) in [6.07, 6.45) is 1.67. The van der Waals surface area contributed by atoms with Gasteiger partial charge in [-0.3, -0.25) is 0 Å². The van der Waals surface area contributed by atoms with Crippen molar-refractivity contribution in [1.29, 1.82) is 0 Å². The fourth-order valence-electron chi connectivity index (χ4n) is 2.06. The lowest BCUT2D eigenvalue weighted by Crippen LogP contribution is -1.97. The number of nitrogens with zero attached hydrogens (tertiary/aromatic N) is 3. The monoisotopic (exact) mass is 270 g/mol. The van der Waals surface area contributed by atoms with Crippen LogP contribution in [0.15, 0.2) is 36.5 Å². The summed E-state index contributed by atoms with van der Waals surface area (Å²) < 4.78 is 12.1. The quantitative estimate of drug-likeness (QED) is 0.787. The lowest BCUT2D eigenvalue weighted by molar-refractivity contribution is 0.394. The Balaban J connectivity index is 2.22. The average Bonchev–Trinajstić information content (AvgIpc) is 2.84. The molecule has 6 heteroatoms. The highest BCUT2D eigenvalue weighted by Crippen LogP contribution is 2.32. The Bertz CT molecular complexity index is 745. The van der Waals surface area contributed by atoms with E-state index < -0.39 is 0 Å². The van der Waals surface area contributed by atoms with Crippen LogP contribution in [0.5, 0.6) is 11.5 Å². The number of nitrogen functional groups attached to an aromatic ring is 1. The molecule has 0 aliphatic carbocycles. The Morgan fingerprint density at radius 1 is 1.10 bits per heavy atom. The molecule has 0 amide bonds. The van der Waals surface area contributed by atoms with E-state index >= 15 is 0 Å². The van der Waals surface area contributed by atoms with E-state index in [9.17, 15) is 0 Å². The summed E-state index contributed by atoms with van der Waals surface area (Å²) in [5, 5.41) is 4.18. The molecule has 0 fully saturated rings. The van der Waals surface area contributed by atoms with Crippen molar-refractivity contribution < 1.29 is 9.47 Å². The second-order valence-corrected chi connectivity index (χ2v) is 4.24. The molecule has 20 heavy (non-hydrogen) atoms. The maximum atomic E-state index is 6.11. The third-order valence-electron chi connectivity index (χ3n) is 3.05. The first-order valence-electron chi connectivity index (χ1n) is 6.05. The van der Waals surface area contributed by atoms with Crippen molar-refractivity contribution in [3.8, 4) is 22.8 Å². The highest BCUT2D eigenvalue weighted by molar-refractivity contribution is 5.76. The summed E-state index contributed by atoms with van der Waals surface area (Å²) in [6.45, 7) is 0. The molecule has 0 radical (unpaired) electrons. The van der Waals surface area contributed by atoms with Gasteiger partial charge in [-0.1, -0.05) is 0 Å². The van der Waals surface area contributed by atoms with E-state index in [1.807, 2.05) is 24.3 Å². The number of anilines is 1. The van der Waals surface area contributed by atoms with Crippen LogP contribution in [-0.4, -0.2) is 28.8 Å². The molecular weight excluding hydrogens is 256 g/mol. The van der Waals surface area contributed by atoms with Crippen LogP contribution < -0.4 is 15.2 Å². The Hall–Kier alpha value is -2.76. The zero-order chi connectivity index (χ0) is 14.1. The molecule has 0 bridgehead atoms. The van der Waals surface area contributed by atoms with Crippen LogP contribution in [0.25, 0.3) is 16.9 Å². The third kappa shape index (κ3) is 1.91. The lowest BCUT2D eigenvalue weighted by atomic mass is 10.1. The highest BCUT2D eigenvalue weighted by Gasteiger charge is 2.13. The summed E-state index contributed by atoms with van der Waals surface area (Å²) in [4.78, 5) is 4.50. The molecule has 1 aromatic carbocycles. The standard InChI is InChI=1S/C14H14N4O2/c1-19-10-6-9(7-11(8-10)20-2)13-14(15)18-12(17-13)4-3-5-16-18/h3-8H,15H2,1-2H3. The average molecular weight is 270 g/mol. The zero-order valence-corrected chi connectivity index (χ0v) is 11.2. The summed E-state index contributed by atoms with van der Waals surface area (Å²) in [6, 6.07) is 9.19. The van der Waals surface area contributed by atoms with Crippen LogP contribution in [-0.2, 0) is 0 Å². The molecule has 102 valence electrons. The van der Waals surface area contributed by atoms with E-state index in [0.29, 0.717) is 28.7 Å². The molecule has 2 N–H and O–H groups in total. The Labute approximate surface area is 115 Å². The van der Waals surface area contributed by atoms with Crippen molar-refractivity contribution in [3.63, 3.8) is 0 Å². The van der Waals surface area contributed by atoms with Gasteiger partial charge in [0, 0.05) is 17.8 Å². The first kappa shape index (κ1) is 12.3. The van der Waals surface area contributed by atoms with E-state index in [2.05, 4.69) is 10.1 Å². The van der Waals surface area contributed by atoms with Crippen molar-refractivity contribution in [1.82, 2.24) is 14.6 Å². The second-order valence-electron chi connectivity index (χ2n) is 4.24. The Morgan fingerprint density at radius 3 is 2.40 bits per heavy atom. The minimum Gasteiger partial charge on any atom is -0.497 e. The molecule has 3 aromatic rings. The molecule has 6 nitrogen and oxygen atoms in total. The Kier molecular flexibility index (Phi) is 2.90. The van der Waals surface area contributed by atoms with E-state index in [-0.39, 0.29) is 0 Å². The van der Waals surface area contributed by atoms with Crippen LogP contribution in [0.3, 0.4) is 0 Å². The van der Waals surface area contributed by atoms with E-state index in [1.54, 1.807) is 31.0 Å². The number of benzene rings is 1. The van der Waals surface area contributed by atoms with Crippen LogP contribution >= 0.6 is 0 Å². The second kappa shape index (κ2) is 4.73. The van der Waals surface area contributed by atoms with Gasteiger partial charge in [0.1, 0.15) is 17.2 Å². The molecule has 0 saturated heterocycles. The number of nitrogens with two attached hydrogens (primary N) is 1. The van der Waals surface area contributed by atoms with Gasteiger partial charge in [-0.25, -0.2) is 4.98 Å². The molecule has 0 saturated carbocycles. The maximum Gasteiger partial charge on any atom is 0.156 e. The van der Waals surface area contributed by atoms with Gasteiger partial charge in [-0.05, 0) is 24.3 Å². The lowest BCUT2D eigenvalue weighted by Gasteiger charge is -2.07. The summed E-state index contributed by atoms with van der Waals surface area (Å²) >= 11 is 0. The van der Waals surface area contributed by atoms with Crippen molar-refractivity contribution in [2.24, 2.45) is 0 Å². The number of methoxy groups -OCH3 is 2. The number of ether oxygens (including phenoxy) is 2. The molecule has 0 atom stereocenters. The molecule has 0 aliphatic heterocycles. The van der Waals surface area contributed by atoms with Crippen molar-refractivity contribution in [3.05, 3.63) is 36.5 Å². The fourth-order valence-corrected chi connectivity index (χ4v) is 2.06. The van der Waals surface area contributed by atoms with E-state index in [1.165, 1.54) is 0 Å². The summed E-state index contributed by atoms with van der Waals surface area (Å²) in [5.41, 5.74) is 8.28. The van der Waals surface area contributed by atoms with Crippen LogP contribution in [0, 0.1) is 0 Å². The molecule has 2 aromatic heterocycles. The molecule has 0 aliphatic rings. The minimum absolute atomic E-state index is 0.482. The van der Waals surface area contributed by atoms with Gasteiger partial charge < -0.3 is 15.2 Å². The molecule has 0 spiro atoms. The van der Waals surface area contributed by atoms with Gasteiger partial charge in [0.15, 0.2) is 11.5 Å². The Morgan fingerprint density at radius 2 is 1.80 bits per heavy atom. The van der Waals surface area contributed by atoms with Gasteiger partial charge in [0.25, 0.3) is 0 Å². The first-order valence-corrected chi connectivity index (χ1v) is 6.05. The van der Waals surface area contributed by atoms with Gasteiger partial charge in [-0.15, -0.1) is 0 Å². The number of rotatable bonds is 3. The molecule has 2 heterocycles. The fraction of sp³-hybridized carbons (Fsp3) is 0.143. The van der Waals surface area contributed by atoms with Gasteiger partial charge >= 0.3 is 0 Å². The first-order chi connectivity index (χ1) is 9.72. The van der Waals surface area contributed by atoms with Crippen molar-refractivity contribution >= 4 is 11.5 Å². The van der Waals surface area contributed by atoms with Crippen LogP contribution in [0.1, 0.15) is 0 Å². The van der Waals surface area contributed by atoms with E-state index in [4.69, 9.17) is 15.2 Å². The summed E-state index contributed by atoms with van der Waals surface area (Å²) in [7, 11) is 3.21.